The van der Waals surface area contributed by atoms with E-state index < -0.39 is 0 Å². The Morgan fingerprint density at radius 2 is 1.89 bits per heavy atom. The number of thiazole rings is 1. The molecule has 0 atom stereocenters. The van der Waals surface area contributed by atoms with Crippen molar-refractivity contribution in [3.05, 3.63) is 59.0 Å². The van der Waals surface area contributed by atoms with Crippen molar-refractivity contribution in [3.8, 4) is 10.6 Å². The number of hydrogen-bond donors (Lipinski definition) is 0. The zero-order valence-corrected chi connectivity index (χ0v) is 22.0. The van der Waals surface area contributed by atoms with Crippen LogP contribution in [0.3, 0.4) is 0 Å². The molecule has 0 aliphatic carbocycles. The van der Waals surface area contributed by atoms with E-state index in [0.29, 0.717) is 12.3 Å². The summed E-state index contributed by atoms with van der Waals surface area (Å²) in [6.07, 6.45) is 6.03. The number of aromatic nitrogens is 4. The van der Waals surface area contributed by atoms with Crippen molar-refractivity contribution >= 4 is 34.2 Å². The molecular weight excluding hydrogens is 484 g/mol. The van der Waals surface area contributed by atoms with Gasteiger partial charge >= 0.3 is 5.97 Å². The van der Waals surface area contributed by atoms with Crippen molar-refractivity contribution < 1.29 is 9.53 Å². The van der Waals surface area contributed by atoms with Crippen LogP contribution >= 0.6 is 11.3 Å². The Hall–Kier alpha value is -3.30. The normalized spacial score (nSPS) is 16.2. The lowest BCUT2D eigenvalue weighted by Crippen LogP contribution is -2.47. The van der Waals surface area contributed by atoms with E-state index >= 15 is 0 Å². The van der Waals surface area contributed by atoms with Gasteiger partial charge in [-0.05, 0) is 38.2 Å². The van der Waals surface area contributed by atoms with Crippen LogP contribution in [0.1, 0.15) is 41.5 Å². The highest BCUT2D eigenvalue weighted by molar-refractivity contribution is 7.13. The molecule has 5 heterocycles. The highest BCUT2D eigenvalue weighted by Crippen LogP contribution is 2.41. The maximum absolute atomic E-state index is 12.3. The second-order valence-corrected chi connectivity index (χ2v) is 10.5. The molecule has 9 heteroatoms. The molecule has 4 aromatic rings. The van der Waals surface area contributed by atoms with E-state index in [4.69, 9.17) is 14.7 Å². The summed E-state index contributed by atoms with van der Waals surface area (Å²) in [5.41, 5.74) is 6.13. The Morgan fingerprint density at radius 3 is 2.70 bits per heavy atom. The number of piperazine rings is 1. The van der Waals surface area contributed by atoms with E-state index in [2.05, 4.69) is 49.7 Å². The predicted octanol–water partition coefficient (Wildman–Crippen LogP) is 4.43. The Morgan fingerprint density at radius 1 is 1.05 bits per heavy atom. The molecule has 0 amide bonds. The average molecular weight is 517 g/mol. The van der Waals surface area contributed by atoms with Gasteiger partial charge in [-0.2, -0.15) is 0 Å². The lowest BCUT2D eigenvalue weighted by molar-refractivity contribution is 0.0520. The first-order valence-electron chi connectivity index (χ1n) is 13.2. The van der Waals surface area contributed by atoms with Crippen molar-refractivity contribution in [1.29, 1.82) is 0 Å². The molecule has 1 aromatic carbocycles. The van der Waals surface area contributed by atoms with E-state index in [-0.39, 0.29) is 5.97 Å². The van der Waals surface area contributed by atoms with E-state index in [9.17, 15) is 4.79 Å². The summed E-state index contributed by atoms with van der Waals surface area (Å²) in [4.78, 5) is 31.5. The number of fused-ring (bicyclic) bond motifs is 3. The number of ether oxygens (including phenoxy) is 1. The number of rotatable bonds is 7. The minimum absolute atomic E-state index is 0.340. The predicted molar refractivity (Wildman–Crippen MR) is 146 cm³/mol. The summed E-state index contributed by atoms with van der Waals surface area (Å²) in [6, 6.07) is 10.7. The highest BCUT2D eigenvalue weighted by atomic mass is 32.1. The molecule has 192 valence electrons. The minimum Gasteiger partial charge on any atom is -0.461 e. The second kappa shape index (κ2) is 10.6. The van der Waals surface area contributed by atoms with Crippen molar-refractivity contribution in [2.24, 2.45) is 0 Å². The molecule has 8 nitrogen and oxygen atoms in total. The molecule has 0 radical (unpaired) electrons. The van der Waals surface area contributed by atoms with Crippen LogP contribution in [0.4, 0.5) is 5.82 Å². The molecule has 2 aliphatic rings. The van der Waals surface area contributed by atoms with Crippen LogP contribution in [0, 0.1) is 0 Å². The summed E-state index contributed by atoms with van der Waals surface area (Å²) in [6.45, 7) is 8.12. The number of benzene rings is 1. The molecule has 3 aromatic heterocycles. The quantitative estimate of drug-likeness (QED) is 0.336. The topological polar surface area (TPSA) is 76.4 Å². The lowest BCUT2D eigenvalue weighted by atomic mass is 10.1. The van der Waals surface area contributed by atoms with Gasteiger partial charge in [-0.1, -0.05) is 30.3 Å². The van der Waals surface area contributed by atoms with Crippen molar-refractivity contribution in [2.75, 3.05) is 44.2 Å². The van der Waals surface area contributed by atoms with Gasteiger partial charge < -0.3 is 14.2 Å². The molecule has 0 bridgehead atoms. The van der Waals surface area contributed by atoms with Gasteiger partial charge in [-0.25, -0.2) is 19.7 Å². The summed E-state index contributed by atoms with van der Waals surface area (Å²) in [7, 11) is 0. The van der Waals surface area contributed by atoms with Crippen LogP contribution in [0.5, 0.6) is 0 Å². The fourth-order valence-electron chi connectivity index (χ4n) is 5.54. The molecule has 0 unspecified atom stereocenters. The average Bonchev–Trinajstić information content (AvgIpc) is 3.56. The van der Waals surface area contributed by atoms with Crippen LogP contribution in [0.25, 0.3) is 21.6 Å². The molecule has 1 saturated heterocycles. The first kappa shape index (κ1) is 24.1. The molecule has 0 spiro atoms. The number of nitrogens with zero attached hydrogens (tertiary/aromatic N) is 6. The van der Waals surface area contributed by atoms with Gasteiger partial charge in [0, 0.05) is 50.3 Å². The first-order chi connectivity index (χ1) is 18.2. The van der Waals surface area contributed by atoms with E-state index in [1.54, 1.807) is 11.7 Å². The second-order valence-electron chi connectivity index (χ2n) is 9.65. The first-order valence-corrected chi connectivity index (χ1v) is 14.1. The molecular formula is C28H32N6O2S. The Balaban J connectivity index is 1.28. The van der Waals surface area contributed by atoms with E-state index in [1.165, 1.54) is 22.6 Å². The summed E-state index contributed by atoms with van der Waals surface area (Å²) in [5, 5.41) is 2.63. The molecule has 0 N–H and O–H groups in total. The zero-order chi connectivity index (χ0) is 25.2. The van der Waals surface area contributed by atoms with Gasteiger partial charge in [0.2, 0.25) is 0 Å². The van der Waals surface area contributed by atoms with Crippen LogP contribution in [-0.2, 0) is 24.1 Å². The third kappa shape index (κ3) is 4.73. The SMILES string of the molecule is CCOC(=O)c1csc(-c2c3n(c4c(N5CCN(CCc6ccccc6)CC5)ncnc24)CCCC3)n1. The molecule has 1 fully saturated rings. The van der Waals surface area contributed by atoms with Crippen molar-refractivity contribution in [2.45, 2.75) is 39.2 Å². The number of anilines is 1. The monoisotopic (exact) mass is 516 g/mol. The Kier molecular flexibility index (Phi) is 6.89. The molecule has 0 saturated carbocycles. The van der Waals surface area contributed by atoms with Gasteiger partial charge in [-0.3, -0.25) is 4.90 Å². The van der Waals surface area contributed by atoms with Crippen molar-refractivity contribution in [1.82, 2.24) is 24.4 Å². The standard InChI is InChI=1S/C28H32N6O2S/c1-2-36-28(35)21-18-37-27(31-21)23-22-10-6-7-12-34(22)25-24(23)29-19-30-26(25)33-16-14-32(15-17-33)13-11-20-8-4-3-5-9-20/h3-5,8-9,18-19H,2,6-7,10-17H2,1H3. The third-order valence-corrected chi connectivity index (χ3v) is 8.26. The van der Waals surface area contributed by atoms with Gasteiger partial charge in [0.15, 0.2) is 11.5 Å². The number of carbonyl (C=O) groups is 1. The number of carbonyl (C=O) groups excluding carboxylic acids is 1. The Bertz CT molecular complexity index is 1390. The molecule has 37 heavy (non-hydrogen) atoms. The van der Waals surface area contributed by atoms with Crippen LogP contribution in [-0.4, -0.2) is 69.7 Å². The summed E-state index contributed by atoms with van der Waals surface area (Å²) in [5.74, 6) is 0.645. The van der Waals surface area contributed by atoms with Crippen LogP contribution < -0.4 is 4.90 Å². The maximum Gasteiger partial charge on any atom is 0.357 e. The lowest BCUT2D eigenvalue weighted by Gasteiger charge is -2.35. The highest BCUT2D eigenvalue weighted by Gasteiger charge is 2.29. The van der Waals surface area contributed by atoms with Crippen molar-refractivity contribution in [3.63, 3.8) is 0 Å². The Labute approximate surface area is 220 Å². The van der Waals surface area contributed by atoms with Gasteiger partial charge in [-0.15, -0.1) is 11.3 Å². The van der Waals surface area contributed by atoms with Gasteiger partial charge in [0.1, 0.15) is 22.4 Å². The fraction of sp³-hybridized carbons (Fsp3) is 0.429. The fourth-order valence-corrected chi connectivity index (χ4v) is 6.39. The number of aryl methyl sites for hydroxylation is 1. The summed E-state index contributed by atoms with van der Waals surface area (Å²) >= 11 is 1.49. The number of esters is 1. The largest absolute Gasteiger partial charge is 0.461 e. The van der Waals surface area contributed by atoms with Gasteiger partial charge in [0.25, 0.3) is 0 Å². The summed E-state index contributed by atoms with van der Waals surface area (Å²) < 4.78 is 7.59. The molecule has 6 rings (SSSR count). The molecule has 2 aliphatic heterocycles. The maximum atomic E-state index is 12.3. The smallest absolute Gasteiger partial charge is 0.357 e. The zero-order valence-electron chi connectivity index (χ0n) is 21.2. The van der Waals surface area contributed by atoms with Crippen LogP contribution in [0.2, 0.25) is 0 Å². The number of hydrogen-bond acceptors (Lipinski definition) is 8. The van der Waals surface area contributed by atoms with Gasteiger partial charge in [0.05, 0.1) is 12.2 Å². The third-order valence-electron chi connectivity index (χ3n) is 7.40. The van der Waals surface area contributed by atoms with Crippen LogP contribution in [0.15, 0.2) is 42.0 Å². The van der Waals surface area contributed by atoms with E-state index in [0.717, 1.165) is 92.4 Å². The van der Waals surface area contributed by atoms with E-state index in [1.807, 2.05) is 6.92 Å². The minimum atomic E-state index is -0.372.